The first-order chi connectivity index (χ1) is 11.3. The number of aryl methyl sites for hydroxylation is 3. The molecule has 0 atom stereocenters. The molecule has 3 rings (SSSR count). The normalized spacial score (nSPS) is 11.0. The summed E-state index contributed by atoms with van der Waals surface area (Å²) in [5, 5.41) is 15.8. The van der Waals surface area contributed by atoms with Crippen LogP contribution in [0.3, 0.4) is 0 Å². The van der Waals surface area contributed by atoms with Gasteiger partial charge in [0.15, 0.2) is 5.69 Å². The van der Waals surface area contributed by atoms with Crippen LogP contribution in [0.1, 0.15) is 27.6 Å². The van der Waals surface area contributed by atoms with Crippen molar-refractivity contribution in [2.45, 2.75) is 27.4 Å². The molecule has 0 aromatic carbocycles. The third kappa shape index (κ3) is 3.12. The minimum atomic E-state index is -0.264. The lowest BCUT2D eigenvalue weighted by Crippen LogP contribution is -2.15. The van der Waals surface area contributed by atoms with Gasteiger partial charge in [0, 0.05) is 19.4 Å². The predicted molar refractivity (Wildman–Crippen MR) is 92.9 cm³/mol. The molecule has 0 aliphatic carbocycles. The van der Waals surface area contributed by atoms with E-state index >= 15 is 0 Å². The largest absolute Gasteiger partial charge is 0.318 e. The first-order valence-electron chi connectivity index (χ1n) is 7.39. The molecule has 0 bridgehead atoms. The number of aromatic nitrogens is 6. The highest BCUT2D eigenvalue weighted by Crippen LogP contribution is 2.19. The number of halogens is 1. The van der Waals surface area contributed by atoms with E-state index in [-0.39, 0.29) is 5.91 Å². The van der Waals surface area contributed by atoms with E-state index in [9.17, 15) is 4.79 Å². The molecular formula is C15H18BrN7O. The molecule has 0 saturated heterocycles. The summed E-state index contributed by atoms with van der Waals surface area (Å²) < 4.78 is 6.15. The van der Waals surface area contributed by atoms with Gasteiger partial charge >= 0.3 is 0 Å². The van der Waals surface area contributed by atoms with Gasteiger partial charge in [-0.15, -0.1) is 0 Å². The second kappa shape index (κ2) is 6.23. The molecule has 1 N–H and O–H groups in total. The second-order valence-electron chi connectivity index (χ2n) is 5.62. The lowest BCUT2D eigenvalue weighted by Gasteiger charge is -2.04. The number of amides is 1. The molecular weight excluding hydrogens is 374 g/mol. The summed E-state index contributed by atoms with van der Waals surface area (Å²) in [6, 6.07) is 1.68. The van der Waals surface area contributed by atoms with Crippen LogP contribution in [-0.4, -0.2) is 35.2 Å². The maximum Gasteiger partial charge on any atom is 0.276 e. The summed E-state index contributed by atoms with van der Waals surface area (Å²) in [7, 11) is 1.81. The molecule has 0 fully saturated rings. The fourth-order valence-corrected chi connectivity index (χ4v) is 2.70. The van der Waals surface area contributed by atoms with Crippen LogP contribution in [0.25, 0.3) is 0 Å². The molecule has 0 saturated carbocycles. The fraction of sp³-hybridized carbons (Fsp3) is 0.333. The number of carbonyl (C=O) groups is 1. The molecule has 3 heterocycles. The average Bonchev–Trinajstić information content (AvgIpc) is 3.17. The highest BCUT2D eigenvalue weighted by molar-refractivity contribution is 9.10. The van der Waals surface area contributed by atoms with Gasteiger partial charge in [-0.25, -0.2) is 4.68 Å². The molecule has 9 heteroatoms. The summed E-state index contributed by atoms with van der Waals surface area (Å²) in [4.78, 5) is 12.3. The van der Waals surface area contributed by atoms with Crippen LogP contribution in [0.15, 0.2) is 22.9 Å². The third-order valence-electron chi connectivity index (χ3n) is 3.71. The maximum absolute atomic E-state index is 12.3. The lowest BCUT2D eigenvalue weighted by atomic mass is 10.3. The lowest BCUT2D eigenvalue weighted by molar-refractivity contribution is 0.102. The Bertz CT molecular complexity index is 905. The number of carbonyl (C=O) groups excluding carboxylic acids is 1. The van der Waals surface area contributed by atoms with Crippen molar-refractivity contribution in [3.05, 3.63) is 45.7 Å². The van der Waals surface area contributed by atoms with Crippen molar-refractivity contribution >= 4 is 27.5 Å². The molecule has 3 aromatic rings. The number of hydrogen-bond acceptors (Lipinski definition) is 4. The van der Waals surface area contributed by atoms with E-state index in [1.165, 1.54) is 0 Å². The Labute approximate surface area is 147 Å². The molecule has 8 nitrogen and oxygen atoms in total. The minimum absolute atomic E-state index is 0.264. The topological polar surface area (TPSA) is 82.6 Å². The summed E-state index contributed by atoms with van der Waals surface area (Å²) in [6.07, 6.45) is 3.52. The van der Waals surface area contributed by atoms with Crippen molar-refractivity contribution < 1.29 is 4.79 Å². The number of nitrogens with one attached hydrogen (secondary N) is 1. The molecule has 24 heavy (non-hydrogen) atoms. The quantitative estimate of drug-likeness (QED) is 0.739. The van der Waals surface area contributed by atoms with Crippen molar-refractivity contribution in [1.82, 2.24) is 29.3 Å². The van der Waals surface area contributed by atoms with Crippen LogP contribution in [0.4, 0.5) is 5.69 Å². The standard InChI is InChI=1S/C15H18BrN7O/c1-9-13(7-21(4)18-9)17-15(24)12-5-6-22(20-12)8-23-11(3)14(16)10(2)19-23/h5-7H,8H2,1-4H3,(H,17,24). The molecule has 0 unspecified atom stereocenters. The molecule has 0 aliphatic rings. The Morgan fingerprint density at radius 1 is 1.21 bits per heavy atom. The van der Waals surface area contributed by atoms with Crippen LogP contribution >= 0.6 is 15.9 Å². The van der Waals surface area contributed by atoms with Crippen LogP contribution in [0.5, 0.6) is 0 Å². The Kier molecular flexibility index (Phi) is 4.27. The van der Waals surface area contributed by atoms with E-state index in [4.69, 9.17) is 0 Å². The van der Waals surface area contributed by atoms with E-state index in [1.807, 2.05) is 32.5 Å². The molecule has 0 radical (unpaired) electrons. The Morgan fingerprint density at radius 3 is 2.54 bits per heavy atom. The zero-order valence-corrected chi connectivity index (χ0v) is 15.5. The van der Waals surface area contributed by atoms with Crippen molar-refractivity contribution in [2.24, 2.45) is 7.05 Å². The summed E-state index contributed by atoms with van der Waals surface area (Å²) >= 11 is 3.50. The average molecular weight is 392 g/mol. The summed E-state index contributed by atoms with van der Waals surface area (Å²) in [6.45, 7) is 6.20. The van der Waals surface area contributed by atoms with E-state index in [0.717, 1.165) is 21.6 Å². The number of anilines is 1. The molecule has 126 valence electrons. The molecule has 0 aliphatic heterocycles. The van der Waals surface area contributed by atoms with Gasteiger partial charge in [-0.1, -0.05) is 0 Å². The van der Waals surface area contributed by atoms with E-state index in [0.29, 0.717) is 18.1 Å². The Morgan fingerprint density at radius 2 is 1.96 bits per heavy atom. The van der Waals surface area contributed by atoms with Gasteiger partial charge in [0.05, 0.1) is 27.2 Å². The van der Waals surface area contributed by atoms with E-state index in [2.05, 4.69) is 36.5 Å². The smallest absolute Gasteiger partial charge is 0.276 e. The van der Waals surface area contributed by atoms with Gasteiger partial charge in [-0.05, 0) is 42.8 Å². The van der Waals surface area contributed by atoms with Crippen molar-refractivity contribution in [1.29, 1.82) is 0 Å². The predicted octanol–water partition coefficient (Wildman–Crippen LogP) is 2.26. The van der Waals surface area contributed by atoms with Gasteiger partial charge in [0.25, 0.3) is 5.91 Å². The molecule has 3 aromatic heterocycles. The molecule has 1 amide bonds. The Balaban J connectivity index is 1.74. The zero-order chi connectivity index (χ0) is 17.4. The van der Waals surface area contributed by atoms with Crippen LogP contribution < -0.4 is 5.32 Å². The van der Waals surface area contributed by atoms with E-state index < -0.39 is 0 Å². The maximum atomic E-state index is 12.3. The number of rotatable bonds is 4. The highest BCUT2D eigenvalue weighted by atomic mass is 79.9. The minimum Gasteiger partial charge on any atom is -0.318 e. The van der Waals surface area contributed by atoms with Gasteiger partial charge in [0.2, 0.25) is 0 Å². The van der Waals surface area contributed by atoms with Crippen LogP contribution in [0.2, 0.25) is 0 Å². The Hall–Kier alpha value is -2.42. The van der Waals surface area contributed by atoms with Crippen LogP contribution in [0, 0.1) is 20.8 Å². The van der Waals surface area contributed by atoms with Crippen LogP contribution in [-0.2, 0) is 13.7 Å². The third-order valence-corrected chi connectivity index (χ3v) is 4.85. The van der Waals surface area contributed by atoms with Crippen molar-refractivity contribution in [3.8, 4) is 0 Å². The summed E-state index contributed by atoms with van der Waals surface area (Å²) in [5.41, 5.74) is 3.72. The second-order valence-corrected chi connectivity index (χ2v) is 6.42. The highest BCUT2D eigenvalue weighted by Gasteiger charge is 2.14. The van der Waals surface area contributed by atoms with Gasteiger partial charge in [0.1, 0.15) is 6.67 Å². The van der Waals surface area contributed by atoms with Gasteiger partial charge in [-0.3, -0.25) is 14.2 Å². The number of nitrogens with zero attached hydrogens (tertiary/aromatic N) is 6. The summed E-state index contributed by atoms with van der Waals surface area (Å²) in [5.74, 6) is -0.264. The van der Waals surface area contributed by atoms with Gasteiger partial charge in [-0.2, -0.15) is 15.3 Å². The van der Waals surface area contributed by atoms with E-state index in [1.54, 1.807) is 27.8 Å². The van der Waals surface area contributed by atoms with Crippen molar-refractivity contribution in [2.75, 3.05) is 5.32 Å². The first kappa shape index (κ1) is 16.4. The monoisotopic (exact) mass is 391 g/mol. The zero-order valence-electron chi connectivity index (χ0n) is 13.9. The fourth-order valence-electron chi connectivity index (χ4n) is 2.42. The molecule has 0 spiro atoms. The van der Waals surface area contributed by atoms with Crippen molar-refractivity contribution in [3.63, 3.8) is 0 Å². The SMILES string of the molecule is Cc1nn(C)cc1NC(=O)c1ccn(Cn2nc(C)c(Br)c2C)n1. The first-order valence-corrected chi connectivity index (χ1v) is 8.19. The number of hydrogen-bond donors (Lipinski definition) is 1. The van der Waals surface area contributed by atoms with Gasteiger partial charge < -0.3 is 5.32 Å².